The summed E-state index contributed by atoms with van der Waals surface area (Å²) < 4.78 is 5.48. The van der Waals surface area contributed by atoms with Crippen LogP contribution in [0.15, 0.2) is 48.5 Å². The first-order chi connectivity index (χ1) is 11.1. The smallest absolute Gasteiger partial charge is 0.152 e. The van der Waals surface area contributed by atoms with E-state index in [4.69, 9.17) is 27.9 Å². The summed E-state index contributed by atoms with van der Waals surface area (Å²) >= 11 is 11.9. The van der Waals surface area contributed by atoms with Crippen molar-refractivity contribution >= 4 is 39.7 Å². The second kappa shape index (κ2) is 6.57. The lowest BCUT2D eigenvalue weighted by Crippen LogP contribution is -2.03. The Labute approximate surface area is 144 Å². The van der Waals surface area contributed by atoms with E-state index in [1.165, 1.54) is 0 Å². The second-order valence-electron chi connectivity index (χ2n) is 5.11. The molecule has 0 aliphatic heterocycles. The number of hydrogen-bond donors (Lipinski definition) is 2. The molecule has 0 spiro atoms. The van der Waals surface area contributed by atoms with Crippen LogP contribution < -0.4 is 10.1 Å². The van der Waals surface area contributed by atoms with Crippen LogP contribution in [-0.4, -0.2) is 12.2 Å². The fraction of sp³-hybridized carbons (Fsp3) is 0.111. The van der Waals surface area contributed by atoms with Crippen molar-refractivity contribution in [2.24, 2.45) is 0 Å². The normalized spacial score (nSPS) is 10.7. The van der Waals surface area contributed by atoms with Crippen molar-refractivity contribution < 1.29 is 9.84 Å². The molecule has 0 heterocycles. The minimum atomic E-state index is -0.110. The van der Waals surface area contributed by atoms with Gasteiger partial charge in [-0.1, -0.05) is 53.5 Å². The zero-order valence-corrected chi connectivity index (χ0v) is 13.9. The van der Waals surface area contributed by atoms with Crippen LogP contribution in [0.4, 0.5) is 5.69 Å². The first kappa shape index (κ1) is 15.8. The molecule has 3 nitrogen and oxygen atoms in total. The van der Waals surface area contributed by atoms with Crippen LogP contribution in [0.5, 0.6) is 11.5 Å². The number of hydrogen-bond acceptors (Lipinski definition) is 3. The van der Waals surface area contributed by atoms with E-state index in [-0.39, 0.29) is 15.8 Å². The van der Waals surface area contributed by atoms with E-state index in [0.29, 0.717) is 6.54 Å². The molecule has 0 saturated heterocycles. The Hall–Kier alpha value is -2.10. The van der Waals surface area contributed by atoms with E-state index in [9.17, 15) is 5.11 Å². The Morgan fingerprint density at radius 2 is 1.74 bits per heavy atom. The topological polar surface area (TPSA) is 41.5 Å². The van der Waals surface area contributed by atoms with Crippen LogP contribution in [0.1, 0.15) is 5.56 Å². The van der Waals surface area contributed by atoms with Crippen molar-refractivity contribution in [3.63, 3.8) is 0 Å². The molecule has 2 N–H and O–H groups in total. The third-order valence-electron chi connectivity index (χ3n) is 3.70. The molecule has 3 aromatic carbocycles. The average molecular weight is 348 g/mol. The summed E-state index contributed by atoms with van der Waals surface area (Å²) in [5.74, 6) is 0.703. The summed E-state index contributed by atoms with van der Waals surface area (Å²) in [5, 5.41) is 15.6. The SMILES string of the molecule is COc1ccc2ccccc2c1CNc1cc(Cl)c(O)c(Cl)c1. The van der Waals surface area contributed by atoms with E-state index in [2.05, 4.69) is 17.4 Å². The van der Waals surface area contributed by atoms with Crippen LogP contribution in [0.25, 0.3) is 10.8 Å². The molecule has 0 aliphatic rings. The monoisotopic (exact) mass is 347 g/mol. The molecule has 0 unspecified atom stereocenters. The molecule has 0 radical (unpaired) electrons. The zero-order chi connectivity index (χ0) is 16.4. The Bertz CT molecular complexity index is 842. The minimum absolute atomic E-state index is 0.110. The predicted molar refractivity (Wildman–Crippen MR) is 96.0 cm³/mol. The van der Waals surface area contributed by atoms with Gasteiger partial charge in [0.1, 0.15) is 5.75 Å². The van der Waals surface area contributed by atoms with Gasteiger partial charge in [0.15, 0.2) is 5.75 Å². The molecule has 0 atom stereocenters. The van der Waals surface area contributed by atoms with Crippen molar-refractivity contribution in [3.8, 4) is 11.5 Å². The number of phenols is 1. The highest BCUT2D eigenvalue weighted by atomic mass is 35.5. The van der Waals surface area contributed by atoms with Gasteiger partial charge in [-0.2, -0.15) is 0 Å². The first-order valence-corrected chi connectivity index (χ1v) is 7.82. The van der Waals surface area contributed by atoms with Gasteiger partial charge in [-0.3, -0.25) is 0 Å². The van der Waals surface area contributed by atoms with Gasteiger partial charge in [-0.05, 0) is 29.0 Å². The van der Waals surface area contributed by atoms with Crippen LogP contribution in [0.2, 0.25) is 10.0 Å². The number of phenolic OH excluding ortho intramolecular Hbond substituents is 1. The van der Waals surface area contributed by atoms with Crippen LogP contribution in [0.3, 0.4) is 0 Å². The van der Waals surface area contributed by atoms with E-state index in [0.717, 1.165) is 27.8 Å². The lowest BCUT2D eigenvalue weighted by Gasteiger charge is -2.14. The van der Waals surface area contributed by atoms with Gasteiger partial charge in [0, 0.05) is 17.8 Å². The Morgan fingerprint density at radius 1 is 1.04 bits per heavy atom. The van der Waals surface area contributed by atoms with Gasteiger partial charge in [0.2, 0.25) is 0 Å². The molecule has 0 bridgehead atoms. The summed E-state index contributed by atoms with van der Waals surface area (Å²) in [6.45, 7) is 0.544. The van der Waals surface area contributed by atoms with Crippen LogP contribution >= 0.6 is 23.2 Å². The maximum Gasteiger partial charge on any atom is 0.152 e. The van der Waals surface area contributed by atoms with Gasteiger partial charge >= 0.3 is 0 Å². The molecule has 0 aliphatic carbocycles. The molecule has 3 rings (SSSR count). The summed E-state index contributed by atoms with van der Waals surface area (Å²) in [5.41, 5.74) is 1.78. The molecular formula is C18H15Cl2NO2. The van der Waals surface area contributed by atoms with Crippen LogP contribution in [-0.2, 0) is 6.54 Å². The summed E-state index contributed by atoms with van der Waals surface area (Å²) in [6.07, 6.45) is 0. The number of ether oxygens (including phenoxy) is 1. The van der Waals surface area contributed by atoms with Crippen molar-refractivity contribution in [2.45, 2.75) is 6.54 Å². The number of anilines is 1. The molecule has 118 valence electrons. The maximum absolute atomic E-state index is 9.63. The highest BCUT2D eigenvalue weighted by Crippen LogP contribution is 2.35. The van der Waals surface area contributed by atoms with E-state index in [1.807, 2.05) is 24.3 Å². The van der Waals surface area contributed by atoms with Gasteiger partial charge < -0.3 is 15.2 Å². The lowest BCUT2D eigenvalue weighted by atomic mass is 10.0. The number of benzene rings is 3. The summed E-state index contributed by atoms with van der Waals surface area (Å²) in [4.78, 5) is 0. The second-order valence-corrected chi connectivity index (χ2v) is 5.92. The fourth-order valence-corrected chi connectivity index (χ4v) is 3.03. The molecule has 0 aromatic heterocycles. The van der Waals surface area contributed by atoms with Gasteiger partial charge in [0.25, 0.3) is 0 Å². The largest absolute Gasteiger partial charge is 0.505 e. The number of halogens is 2. The summed E-state index contributed by atoms with van der Waals surface area (Å²) in [6, 6.07) is 15.4. The van der Waals surface area contributed by atoms with Crippen molar-refractivity contribution in [3.05, 3.63) is 64.1 Å². The van der Waals surface area contributed by atoms with E-state index >= 15 is 0 Å². The number of methoxy groups -OCH3 is 1. The van der Waals surface area contributed by atoms with Crippen molar-refractivity contribution in [1.82, 2.24) is 0 Å². The predicted octanol–water partition coefficient (Wildman–Crippen LogP) is 5.47. The molecule has 0 amide bonds. The standard InChI is InChI=1S/C18H15Cl2NO2/c1-23-17-7-6-11-4-2-3-5-13(11)14(17)10-21-12-8-15(19)18(22)16(20)9-12/h2-9,21-22H,10H2,1H3. The molecule has 3 aromatic rings. The average Bonchev–Trinajstić information content (AvgIpc) is 2.57. The number of rotatable bonds is 4. The Morgan fingerprint density at radius 3 is 2.43 bits per heavy atom. The number of fused-ring (bicyclic) bond motifs is 1. The van der Waals surface area contributed by atoms with Gasteiger partial charge in [-0.15, -0.1) is 0 Å². The molecule has 5 heteroatoms. The van der Waals surface area contributed by atoms with E-state index in [1.54, 1.807) is 19.2 Å². The van der Waals surface area contributed by atoms with Crippen molar-refractivity contribution in [2.75, 3.05) is 12.4 Å². The molecule has 23 heavy (non-hydrogen) atoms. The van der Waals surface area contributed by atoms with Gasteiger partial charge in [-0.25, -0.2) is 0 Å². The molecule has 0 fully saturated rings. The molecular weight excluding hydrogens is 333 g/mol. The van der Waals surface area contributed by atoms with Gasteiger partial charge in [0.05, 0.1) is 17.2 Å². The summed E-state index contributed by atoms with van der Waals surface area (Å²) in [7, 11) is 1.65. The quantitative estimate of drug-likeness (QED) is 0.614. The lowest BCUT2D eigenvalue weighted by molar-refractivity contribution is 0.411. The highest BCUT2D eigenvalue weighted by Gasteiger charge is 2.10. The first-order valence-electron chi connectivity index (χ1n) is 7.06. The van der Waals surface area contributed by atoms with Crippen molar-refractivity contribution in [1.29, 1.82) is 0 Å². The molecule has 0 saturated carbocycles. The third-order valence-corrected chi connectivity index (χ3v) is 4.28. The third kappa shape index (κ3) is 3.16. The number of aromatic hydroxyl groups is 1. The minimum Gasteiger partial charge on any atom is -0.505 e. The van der Waals surface area contributed by atoms with Crippen LogP contribution in [0, 0.1) is 0 Å². The van der Waals surface area contributed by atoms with E-state index < -0.39 is 0 Å². The maximum atomic E-state index is 9.63. The Balaban J connectivity index is 1.95. The highest BCUT2D eigenvalue weighted by molar-refractivity contribution is 6.37. The number of nitrogens with one attached hydrogen (secondary N) is 1. The zero-order valence-electron chi connectivity index (χ0n) is 12.4. The Kier molecular flexibility index (Phi) is 4.51. The fourth-order valence-electron chi connectivity index (χ4n) is 2.55.